The third-order valence-electron chi connectivity index (χ3n) is 6.98. The van der Waals surface area contributed by atoms with E-state index < -0.39 is 22.5 Å². The first-order chi connectivity index (χ1) is 18.1. The quantitative estimate of drug-likeness (QED) is 0.292. The summed E-state index contributed by atoms with van der Waals surface area (Å²) in [6, 6.07) is 11.1. The molecule has 0 saturated carbocycles. The van der Waals surface area contributed by atoms with Crippen LogP contribution in [0.3, 0.4) is 0 Å². The Hall–Kier alpha value is -3.80. The molecule has 12 heteroatoms. The highest BCUT2D eigenvalue weighted by molar-refractivity contribution is 7.92. The van der Waals surface area contributed by atoms with Crippen molar-refractivity contribution in [2.24, 2.45) is 5.73 Å². The van der Waals surface area contributed by atoms with Gasteiger partial charge in [0.2, 0.25) is 0 Å². The first kappa shape index (κ1) is 27.2. The van der Waals surface area contributed by atoms with Crippen LogP contribution in [-0.2, 0) is 27.8 Å². The summed E-state index contributed by atoms with van der Waals surface area (Å²) in [7, 11) is -4.19. The first-order valence-corrected chi connectivity index (χ1v) is 14.1. The standard InChI is InChI=1S/C26H34N6O5S/c1-2-24(27)30-13-10-22(11-14-30)37-21-5-7-23(8-6-21)38(35,36)32(17-25(33)34)20-4-3-18-9-12-31(26(28)29)16-19(18)15-20/h3-8,15,22,27H,2,9-14,16-17H2,1H3,(H3,28,29)(H,33,34). The number of carboxylic acids is 1. The number of ether oxygens (including phenoxy) is 1. The number of anilines is 1. The summed E-state index contributed by atoms with van der Waals surface area (Å²) in [5.74, 6) is -0.182. The average Bonchev–Trinajstić information content (AvgIpc) is 2.91. The van der Waals surface area contributed by atoms with Crippen LogP contribution in [0.2, 0.25) is 0 Å². The number of aliphatic carboxylic acids is 1. The Labute approximate surface area is 222 Å². The largest absolute Gasteiger partial charge is 0.490 e. The van der Waals surface area contributed by atoms with Crippen molar-refractivity contribution in [1.29, 1.82) is 10.8 Å². The van der Waals surface area contributed by atoms with Gasteiger partial charge in [0.15, 0.2) is 5.96 Å². The molecule has 0 unspecified atom stereocenters. The number of rotatable bonds is 8. The minimum atomic E-state index is -4.19. The first-order valence-electron chi connectivity index (χ1n) is 12.6. The highest BCUT2D eigenvalue weighted by atomic mass is 32.2. The van der Waals surface area contributed by atoms with Crippen molar-refractivity contribution in [3.63, 3.8) is 0 Å². The van der Waals surface area contributed by atoms with E-state index in [2.05, 4.69) is 0 Å². The van der Waals surface area contributed by atoms with Gasteiger partial charge in [0, 0.05) is 45.4 Å². The van der Waals surface area contributed by atoms with Gasteiger partial charge in [-0.2, -0.15) is 0 Å². The molecule has 0 radical (unpaired) electrons. The maximum Gasteiger partial charge on any atom is 0.324 e. The number of fused-ring (bicyclic) bond motifs is 1. The van der Waals surface area contributed by atoms with Gasteiger partial charge in [-0.3, -0.25) is 19.9 Å². The molecule has 2 aliphatic heterocycles. The molecule has 0 spiro atoms. The number of likely N-dealkylation sites (tertiary alicyclic amines) is 1. The number of nitrogens with one attached hydrogen (secondary N) is 2. The molecular formula is C26H34N6O5S. The van der Waals surface area contributed by atoms with E-state index in [1.807, 2.05) is 11.8 Å². The van der Waals surface area contributed by atoms with Crippen LogP contribution >= 0.6 is 0 Å². The Balaban J connectivity index is 1.51. The van der Waals surface area contributed by atoms with Crippen molar-refractivity contribution in [2.45, 2.75) is 50.2 Å². The number of carbonyl (C=O) groups is 1. The molecule has 0 bridgehead atoms. The predicted octanol–water partition coefficient (Wildman–Crippen LogP) is 2.45. The number of benzene rings is 2. The molecule has 1 saturated heterocycles. The number of sulfonamides is 1. The molecule has 2 aromatic rings. The van der Waals surface area contributed by atoms with Gasteiger partial charge in [-0.15, -0.1) is 0 Å². The molecule has 5 N–H and O–H groups in total. The molecule has 38 heavy (non-hydrogen) atoms. The van der Waals surface area contributed by atoms with Crippen LogP contribution in [0, 0.1) is 10.8 Å². The second kappa shape index (κ2) is 11.3. The Morgan fingerprint density at radius 2 is 1.76 bits per heavy atom. The lowest BCUT2D eigenvalue weighted by Crippen LogP contribution is -2.41. The number of amidine groups is 1. The number of hydrogen-bond acceptors (Lipinski definition) is 6. The van der Waals surface area contributed by atoms with Crippen LogP contribution in [0.5, 0.6) is 5.75 Å². The van der Waals surface area contributed by atoms with E-state index in [4.69, 9.17) is 21.3 Å². The van der Waals surface area contributed by atoms with Gasteiger partial charge in [0.05, 0.1) is 16.4 Å². The number of hydrogen-bond donors (Lipinski definition) is 4. The van der Waals surface area contributed by atoms with E-state index in [1.54, 1.807) is 35.2 Å². The third-order valence-corrected chi connectivity index (χ3v) is 8.77. The number of carboxylic acid groups (broad SMARTS) is 1. The van der Waals surface area contributed by atoms with Gasteiger partial charge in [0.1, 0.15) is 18.4 Å². The van der Waals surface area contributed by atoms with Gasteiger partial charge >= 0.3 is 5.97 Å². The zero-order valence-electron chi connectivity index (χ0n) is 21.4. The molecule has 204 valence electrons. The topological polar surface area (TPSA) is 164 Å². The van der Waals surface area contributed by atoms with E-state index in [9.17, 15) is 18.3 Å². The van der Waals surface area contributed by atoms with Crippen LogP contribution < -0.4 is 14.8 Å². The highest BCUT2D eigenvalue weighted by Crippen LogP contribution is 2.30. The normalized spacial score (nSPS) is 16.0. The molecule has 2 aromatic carbocycles. The van der Waals surface area contributed by atoms with E-state index in [0.29, 0.717) is 37.5 Å². The summed E-state index contributed by atoms with van der Waals surface area (Å²) in [5.41, 5.74) is 7.69. The Kier molecular flexibility index (Phi) is 8.10. The van der Waals surface area contributed by atoms with E-state index in [0.717, 1.165) is 41.4 Å². The van der Waals surface area contributed by atoms with Crippen LogP contribution in [0.15, 0.2) is 47.4 Å². The van der Waals surface area contributed by atoms with E-state index in [-0.39, 0.29) is 22.6 Å². The van der Waals surface area contributed by atoms with Crippen LogP contribution in [0.1, 0.15) is 37.3 Å². The summed E-state index contributed by atoms with van der Waals surface area (Å²) >= 11 is 0. The Morgan fingerprint density at radius 1 is 1.08 bits per heavy atom. The van der Waals surface area contributed by atoms with Crippen LogP contribution in [-0.4, -0.2) is 73.4 Å². The van der Waals surface area contributed by atoms with E-state index >= 15 is 0 Å². The maximum absolute atomic E-state index is 13.6. The molecule has 0 aromatic heterocycles. The van der Waals surface area contributed by atoms with E-state index in [1.165, 1.54) is 12.1 Å². The van der Waals surface area contributed by atoms with Crippen molar-refractivity contribution >= 4 is 33.5 Å². The monoisotopic (exact) mass is 542 g/mol. The van der Waals surface area contributed by atoms with Gasteiger partial charge in [-0.05, 0) is 53.9 Å². The molecular weight excluding hydrogens is 508 g/mol. The average molecular weight is 543 g/mol. The zero-order valence-corrected chi connectivity index (χ0v) is 22.2. The van der Waals surface area contributed by atoms with Crippen molar-refractivity contribution < 1.29 is 23.1 Å². The second-order valence-corrected chi connectivity index (χ2v) is 11.4. The molecule has 0 aliphatic carbocycles. The molecule has 2 aliphatic rings. The molecule has 2 heterocycles. The van der Waals surface area contributed by atoms with Crippen LogP contribution in [0.25, 0.3) is 0 Å². The third kappa shape index (κ3) is 6.01. The lowest BCUT2D eigenvalue weighted by atomic mass is 9.99. The SMILES string of the molecule is CCC(=N)N1CCC(Oc2ccc(S(=O)(=O)N(CC(=O)O)c3ccc4c(c3)CN(C(=N)N)CC4)cc2)CC1. The molecule has 11 nitrogen and oxygen atoms in total. The van der Waals surface area contributed by atoms with Gasteiger partial charge in [0.25, 0.3) is 10.0 Å². The highest BCUT2D eigenvalue weighted by Gasteiger charge is 2.29. The fraction of sp³-hybridized carbons (Fsp3) is 0.423. The maximum atomic E-state index is 13.6. The summed E-state index contributed by atoms with van der Waals surface area (Å²) in [4.78, 5) is 15.3. The Morgan fingerprint density at radius 3 is 2.37 bits per heavy atom. The van der Waals surface area contributed by atoms with Gasteiger partial charge in [-0.25, -0.2) is 8.42 Å². The summed E-state index contributed by atoms with van der Waals surface area (Å²) in [6.07, 6.45) is 2.88. The Bertz CT molecular complexity index is 1310. The summed E-state index contributed by atoms with van der Waals surface area (Å²) < 4.78 is 34.1. The minimum absolute atomic E-state index is 0.0214. The zero-order chi connectivity index (χ0) is 27.4. The molecule has 4 rings (SSSR count). The van der Waals surface area contributed by atoms with Crippen molar-refractivity contribution in [3.05, 3.63) is 53.6 Å². The predicted molar refractivity (Wildman–Crippen MR) is 144 cm³/mol. The van der Waals surface area contributed by atoms with Gasteiger partial charge < -0.3 is 25.4 Å². The molecule has 1 fully saturated rings. The lowest BCUT2D eigenvalue weighted by molar-refractivity contribution is -0.135. The number of nitrogens with two attached hydrogens (primary N) is 1. The number of guanidine groups is 1. The molecule has 0 atom stereocenters. The summed E-state index contributed by atoms with van der Waals surface area (Å²) in [5, 5.41) is 25.2. The van der Waals surface area contributed by atoms with Gasteiger partial charge in [-0.1, -0.05) is 13.0 Å². The summed E-state index contributed by atoms with van der Waals surface area (Å²) in [6.45, 7) is 3.67. The van der Waals surface area contributed by atoms with Crippen molar-refractivity contribution in [3.8, 4) is 5.75 Å². The number of piperidine rings is 1. The fourth-order valence-corrected chi connectivity index (χ4v) is 6.23. The second-order valence-electron chi connectivity index (χ2n) is 9.49. The minimum Gasteiger partial charge on any atom is -0.490 e. The van der Waals surface area contributed by atoms with Crippen LogP contribution in [0.4, 0.5) is 5.69 Å². The van der Waals surface area contributed by atoms with Crippen molar-refractivity contribution in [1.82, 2.24) is 9.80 Å². The molecule has 0 amide bonds. The number of nitrogens with zero attached hydrogens (tertiary/aromatic N) is 3. The fourth-order valence-electron chi connectivity index (χ4n) is 4.82. The smallest absolute Gasteiger partial charge is 0.324 e. The van der Waals surface area contributed by atoms with Crippen molar-refractivity contribution in [2.75, 3.05) is 30.5 Å². The lowest BCUT2D eigenvalue weighted by Gasteiger charge is -2.33.